The Morgan fingerprint density at radius 2 is 2.12 bits per heavy atom. The molecule has 134 valence electrons. The summed E-state index contributed by atoms with van der Waals surface area (Å²) >= 11 is 0. The van der Waals surface area contributed by atoms with Crippen LogP contribution in [0, 0.1) is 19.3 Å². The van der Waals surface area contributed by atoms with Crippen molar-refractivity contribution in [3.8, 4) is 12.3 Å². The predicted octanol–water partition coefficient (Wildman–Crippen LogP) is 2.61. The van der Waals surface area contributed by atoms with Crippen molar-refractivity contribution < 1.29 is 17.9 Å². The van der Waals surface area contributed by atoms with E-state index in [4.69, 9.17) is 11.2 Å². The van der Waals surface area contributed by atoms with Crippen molar-refractivity contribution in [1.29, 1.82) is 0 Å². The third-order valence-corrected chi connectivity index (χ3v) is 3.43. The normalized spacial score (nSPS) is 12.5. The van der Waals surface area contributed by atoms with Gasteiger partial charge in [0.05, 0.1) is 24.2 Å². The molecule has 2 aromatic rings. The minimum absolute atomic E-state index is 0.00370. The second-order valence-electron chi connectivity index (χ2n) is 5.05. The number of anilines is 3. The fourth-order valence-electron chi connectivity index (χ4n) is 2.17. The van der Waals surface area contributed by atoms with Gasteiger partial charge in [-0.3, -0.25) is 4.68 Å². The molecule has 2 N–H and O–H groups in total. The van der Waals surface area contributed by atoms with Crippen LogP contribution >= 0.6 is 0 Å². The van der Waals surface area contributed by atoms with E-state index in [9.17, 15) is 13.2 Å². The average Bonchev–Trinajstić information content (AvgIpc) is 2.92. The van der Waals surface area contributed by atoms with Gasteiger partial charge in [0.15, 0.2) is 0 Å². The second kappa shape index (κ2) is 7.40. The zero-order chi connectivity index (χ0) is 18.6. The van der Waals surface area contributed by atoms with E-state index in [-0.39, 0.29) is 18.4 Å². The van der Waals surface area contributed by atoms with Gasteiger partial charge in [-0.1, -0.05) is 5.92 Å². The maximum absolute atomic E-state index is 12.9. The summed E-state index contributed by atoms with van der Waals surface area (Å²) in [5.41, 5.74) is 0.258. The van der Waals surface area contributed by atoms with Crippen LogP contribution in [-0.2, 0) is 10.9 Å². The summed E-state index contributed by atoms with van der Waals surface area (Å²) in [6, 6.07) is -0.401. The molecule has 0 amide bonds. The Morgan fingerprint density at radius 1 is 1.40 bits per heavy atom. The number of nitrogens with one attached hydrogen (secondary N) is 2. The summed E-state index contributed by atoms with van der Waals surface area (Å²) in [5.74, 6) is 2.24. The van der Waals surface area contributed by atoms with Gasteiger partial charge in [0.25, 0.3) is 0 Å². The molecule has 0 aliphatic carbocycles. The van der Waals surface area contributed by atoms with Crippen molar-refractivity contribution in [2.45, 2.75) is 19.1 Å². The summed E-state index contributed by atoms with van der Waals surface area (Å²) in [6.45, 7) is 2.04. The van der Waals surface area contributed by atoms with Crippen LogP contribution in [0.15, 0.2) is 12.4 Å². The van der Waals surface area contributed by atoms with Gasteiger partial charge >= 0.3 is 6.18 Å². The first kappa shape index (κ1) is 18.5. The highest BCUT2D eigenvalue weighted by Crippen LogP contribution is 2.34. The van der Waals surface area contributed by atoms with Crippen LogP contribution in [0.3, 0.4) is 0 Å². The van der Waals surface area contributed by atoms with E-state index in [1.165, 1.54) is 20.4 Å². The third kappa shape index (κ3) is 4.00. The van der Waals surface area contributed by atoms with E-state index in [1.54, 1.807) is 11.6 Å². The highest BCUT2D eigenvalue weighted by atomic mass is 19.4. The molecule has 2 aromatic heterocycles. The second-order valence-corrected chi connectivity index (χ2v) is 5.05. The Labute approximate surface area is 142 Å². The number of hydrogen-bond acceptors (Lipinski definition) is 6. The van der Waals surface area contributed by atoms with E-state index in [0.717, 1.165) is 6.20 Å². The summed E-state index contributed by atoms with van der Waals surface area (Å²) in [7, 11) is 2.88. The molecule has 0 spiro atoms. The fourth-order valence-corrected chi connectivity index (χ4v) is 2.17. The Kier molecular flexibility index (Phi) is 5.48. The summed E-state index contributed by atoms with van der Waals surface area (Å²) < 4.78 is 45.3. The molecule has 7 nitrogen and oxygen atoms in total. The van der Waals surface area contributed by atoms with Gasteiger partial charge < -0.3 is 15.4 Å². The topological polar surface area (TPSA) is 76.9 Å². The molecular weight excluding hydrogens is 337 g/mol. The van der Waals surface area contributed by atoms with Gasteiger partial charge in [0, 0.05) is 20.4 Å². The van der Waals surface area contributed by atoms with E-state index < -0.39 is 17.8 Å². The molecule has 0 saturated heterocycles. The van der Waals surface area contributed by atoms with Crippen LogP contribution in [0.4, 0.5) is 30.6 Å². The molecule has 0 aromatic carbocycles. The molecule has 0 bridgehead atoms. The van der Waals surface area contributed by atoms with E-state index >= 15 is 0 Å². The Morgan fingerprint density at radius 3 is 2.68 bits per heavy atom. The number of rotatable bonds is 6. The van der Waals surface area contributed by atoms with Gasteiger partial charge in [0.2, 0.25) is 5.95 Å². The van der Waals surface area contributed by atoms with Crippen molar-refractivity contribution in [2.75, 3.05) is 31.4 Å². The highest BCUT2D eigenvalue weighted by molar-refractivity contribution is 5.58. The lowest BCUT2D eigenvalue weighted by atomic mass is 10.3. The number of nitrogens with zero attached hydrogens (tertiary/aromatic N) is 4. The van der Waals surface area contributed by atoms with Crippen LogP contribution < -0.4 is 10.6 Å². The molecule has 10 heteroatoms. The molecule has 1 atom stereocenters. The molecule has 2 rings (SSSR count). The zero-order valence-corrected chi connectivity index (χ0v) is 13.8. The third-order valence-electron chi connectivity index (χ3n) is 3.43. The van der Waals surface area contributed by atoms with Crippen molar-refractivity contribution in [3.05, 3.63) is 23.7 Å². The molecule has 0 aliphatic heterocycles. The number of ether oxygens (including phenoxy) is 1. The monoisotopic (exact) mass is 354 g/mol. The molecule has 0 radical (unpaired) electrons. The Bertz CT molecular complexity index is 781. The Balaban J connectivity index is 2.29. The molecule has 25 heavy (non-hydrogen) atoms. The lowest BCUT2D eigenvalue weighted by Gasteiger charge is -2.14. The van der Waals surface area contributed by atoms with E-state index in [2.05, 4.69) is 31.6 Å². The number of hydrogen-bond donors (Lipinski definition) is 2. The van der Waals surface area contributed by atoms with Crippen LogP contribution in [-0.4, -0.2) is 40.5 Å². The number of terminal acetylenes is 1. The minimum Gasteiger partial charge on any atom is -0.381 e. The molecule has 0 aliphatic rings. The first-order chi connectivity index (χ1) is 11.8. The van der Waals surface area contributed by atoms with Crippen LogP contribution in [0.1, 0.15) is 17.3 Å². The Hall–Kier alpha value is -2.80. The summed E-state index contributed by atoms with van der Waals surface area (Å²) in [4.78, 5) is 7.57. The van der Waals surface area contributed by atoms with Crippen molar-refractivity contribution >= 4 is 17.5 Å². The van der Waals surface area contributed by atoms with E-state index in [1.807, 2.05) is 0 Å². The maximum atomic E-state index is 12.9. The first-order valence-corrected chi connectivity index (χ1v) is 7.20. The average molecular weight is 354 g/mol. The minimum atomic E-state index is -4.54. The zero-order valence-electron chi connectivity index (χ0n) is 13.8. The first-order valence-electron chi connectivity index (χ1n) is 7.20. The smallest absolute Gasteiger partial charge is 0.381 e. The van der Waals surface area contributed by atoms with Crippen LogP contribution in [0.25, 0.3) is 0 Å². The summed E-state index contributed by atoms with van der Waals surface area (Å²) in [6.07, 6.45) is 3.14. The highest BCUT2D eigenvalue weighted by Gasteiger charge is 2.35. The number of alkyl halides is 3. The number of methoxy groups -OCH3 is 1. The van der Waals surface area contributed by atoms with Gasteiger partial charge in [-0.15, -0.1) is 6.42 Å². The van der Waals surface area contributed by atoms with Gasteiger partial charge in [-0.25, -0.2) is 4.98 Å². The van der Waals surface area contributed by atoms with Gasteiger partial charge in [-0.05, 0) is 6.92 Å². The predicted molar refractivity (Wildman–Crippen MR) is 86.6 cm³/mol. The van der Waals surface area contributed by atoms with Crippen molar-refractivity contribution in [3.63, 3.8) is 0 Å². The molecule has 2 heterocycles. The number of halogens is 3. The standard InChI is InChI=1S/C15H17F3N6O/c1-5-10(8-25-4)24-9(2)12(7-21-24)22-14-20-6-11(15(16,17)18)13(19-3)23-14/h1,6-7,10H,8H2,2-4H3,(H2,19,20,22,23)/t10-/m1/s1. The molecule has 0 fully saturated rings. The van der Waals surface area contributed by atoms with Crippen LogP contribution in [0.5, 0.6) is 0 Å². The molecule has 0 saturated carbocycles. The fraction of sp³-hybridized carbons (Fsp3) is 0.400. The lowest BCUT2D eigenvalue weighted by molar-refractivity contribution is -0.137. The van der Waals surface area contributed by atoms with Crippen molar-refractivity contribution in [2.24, 2.45) is 0 Å². The van der Waals surface area contributed by atoms with E-state index in [0.29, 0.717) is 11.4 Å². The van der Waals surface area contributed by atoms with Crippen LogP contribution in [0.2, 0.25) is 0 Å². The lowest BCUT2D eigenvalue weighted by Crippen LogP contribution is -2.15. The SMILES string of the molecule is C#C[C@H](COC)n1ncc(Nc2ncc(C(F)(F)F)c(NC)n2)c1C. The molecule has 0 unspecified atom stereocenters. The molecular formula is C15H17F3N6O. The largest absolute Gasteiger partial charge is 0.421 e. The summed E-state index contributed by atoms with van der Waals surface area (Å²) in [5, 5.41) is 9.44. The van der Waals surface area contributed by atoms with Gasteiger partial charge in [0.1, 0.15) is 17.4 Å². The number of aromatic nitrogens is 4. The quantitative estimate of drug-likeness (QED) is 0.777. The maximum Gasteiger partial charge on any atom is 0.421 e. The van der Waals surface area contributed by atoms with Gasteiger partial charge in [-0.2, -0.15) is 23.3 Å². The van der Waals surface area contributed by atoms with Crippen molar-refractivity contribution in [1.82, 2.24) is 19.7 Å².